The lowest BCUT2D eigenvalue weighted by Crippen LogP contribution is -2.38. The molecule has 1 fully saturated rings. The van der Waals surface area contributed by atoms with Crippen molar-refractivity contribution in [2.24, 2.45) is 0 Å². The van der Waals surface area contributed by atoms with Crippen molar-refractivity contribution in [2.75, 3.05) is 20.2 Å². The number of methoxy groups -OCH3 is 1. The Bertz CT molecular complexity index is 930. The summed E-state index contributed by atoms with van der Waals surface area (Å²) in [6.45, 7) is 2.28. The Morgan fingerprint density at radius 1 is 1.11 bits per heavy atom. The minimum atomic E-state index is 0.0341. The first-order valence-electron chi connectivity index (χ1n) is 9.59. The Morgan fingerprint density at radius 2 is 1.89 bits per heavy atom. The van der Waals surface area contributed by atoms with Crippen molar-refractivity contribution in [1.82, 2.24) is 19.4 Å². The lowest BCUT2D eigenvalue weighted by molar-refractivity contribution is 0.0710. The molecule has 0 unspecified atom stereocenters. The smallest absolute Gasteiger partial charge is 0.254 e. The molecule has 28 heavy (non-hydrogen) atoms. The molecule has 3 heterocycles. The summed E-state index contributed by atoms with van der Waals surface area (Å²) >= 11 is 0. The van der Waals surface area contributed by atoms with Gasteiger partial charge in [-0.05, 0) is 24.5 Å². The average molecular weight is 376 g/mol. The van der Waals surface area contributed by atoms with Crippen LogP contribution in [0.25, 0.3) is 0 Å². The second kappa shape index (κ2) is 8.25. The second-order valence-corrected chi connectivity index (χ2v) is 7.05. The maximum absolute atomic E-state index is 12.8. The maximum atomic E-state index is 12.8. The van der Waals surface area contributed by atoms with Crippen molar-refractivity contribution in [3.63, 3.8) is 0 Å². The molecule has 1 aliphatic heterocycles. The summed E-state index contributed by atoms with van der Waals surface area (Å²) in [5, 5.41) is 0. The van der Waals surface area contributed by atoms with Crippen LogP contribution in [0.15, 0.2) is 61.1 Å². The van der Waals surface area contributed by atoms with Gasteiger partial charge in [0.1, 0.15) is 5.82 Å². The van der Waals surface area contributed by atoms with Crippen molar-refractivity contribution < 1.29 is 9.53 Å². The zero-order chi connectivity index (χ0) is 19.3. The number of nitrogens with zero attached hydrogens (tertiary/aromatic N) is 4. The molecule has 1 aliphatic rings. The largest absolute Gasteiger partial charge is 0.481 e. The van der Waals surface area contributed by atoms with E-state index in [0.29, 0.717) is 17.4 Å². The van der Waals surface area contributed by atoms with Crippen molar-refractivity contribution in [2.45, 2.75) is 25.3 Å². The summed E-state index contributed by atoms with van der Waals surface area (Å²) in [6, 6.07) is 13.9. The number of hydrogen-bond donors (Lipinski definition) is 0. The molecule has 1 aromatic carbocycles. The molecule has 144 valence electrons. The summed E-state index contributed by atoms with van der Waals surface area (Å²) in [7, 11) is 1.56. The number of carbonyl (C=O) groups excluding carboxylic acids is 1. The molecular weight excluding hydrogens is 352 g/mol. The number of likely N-dealkylation sites (tertiary alicyclic amines) is 1. The third kappa shape index (κ3) is 3.91. The van der Waals surface area contributed by atoms with Gasteiger partial charge in [-0.15, -0.1) is 0 Å². The Morgan fingerprint density at radius 3 is 2.64 bits per heavy atom. The fourth-order valence-corrected chi connectivity index (χ4v) is 3.77. The molecule has 0 aliphatic carbocycles. The van der Waals surface area contributed by atoms with Crippen LogP contribution >= 0.6 is 0 Å². The van der Waals surface area contributed by atoms with Gasteiger partial charge in [-0.1, -0.05) is 30.3 Å². The molecule has 6 nitrogen and oxygen atoms in total. The van der Waals surface area contributed by atoms with E-state index in [0.717, 1.165) is 38.3 Å². The van der Waals surface area contributed by atoms with E-state index in [1.54, 1.807) is 25.4 Å². The van der Waals surface area contributed by atoms with Gasteiger partial charge in [0, 0.05) is 55.8 Å². The Kier molecular flexibility index (Phi) is 5.37. The molecule has 0 bridgehead atoms. The fourth-order valence-electron chi connectivity index (χ4n) is 3.77. The van der Waals surface area contributed by atoms with Crippen LogP contribution in [0.4, 0.5) is 0 Å². The van der Waals surface area contributed by atoms with Crippen LogP contribution in [0, 0.1) is 0 Å². The monoisotopic (exact) mass is 376 g/mol. The zero-order valence-electron chi connectivity index (χ0n) is 16.0. The fraction of sp³-hybridized carbons (Fsp3) is 0.318. The summed E-state index contributed by atoms with van der Waals surface area (Å²) in [4.78, 5) is 23.4. The normalized spacial score (nSPS) is 14.8. The molecule has 0 saturated carbocycles. The van der Waals surface area contributed by atoms with E-state index >= 15 is 0 Å². The standard InChI is InChI=1S/C22H24N4O2/c1-28-20-15-19(7-10-23-20)22(27)25-12-8-18(9-13-25)21-24-11-14-26(21)16-17-5-3-2-4-6-17/h2-7,10-11,14-15,18H,8-9,12-13,16H2,1H3. The number of benzene rings is 1. The SMILES string of the molecule is COc1cc(C(=O)N2CCC(c3nccn3Cc3ccccc3)CC2)ccn1. The van der Waals surface area contributed by atoms with Gasteiger partial charge in [0.25, 0.3) is 5.91 Å². The van der Waals surface area contributed by atoms with Crippen LogP contribution in [-0.4, -0.2) is 45.5 Å². The number of rotatable bonds is 5. The highest BCUT2D eigenvalue weighted by Crippen LogP contribution is 2.28. The van der Waals surface area contributed by atoms with E-state index in [1.165, 1.54) is 5.56 Å². The molecule has 4 rings (SSSR count). The van der Waals surface area contributed by atoms with E-state index in [9.17, 15) is 4.79 Å². The molecular formula is C22H24N4O2. The van der Waals surface area contributed by atoms with Crippen LogP contribution in [0.1, 0.15) is 40.5 Å². The van der Waals surface area contributed by atoms with Gasteiger partial charge in [-0.3, -0.25) is 4.79 Å². The van der Waals surface area contributed by atoms with Crippen LogP contribution in [0.3, 0.4) is 0 Å². The molecule has 0 N–H and O–H groups in total. The predicted octanol–water partition coefficient (Wildman–Crippen LogP) is 3.35. The number of pyridine rings is 1. The van der Waals surface area contributed by atoms with Crippen LogP contribution in [0.2, 0.25) is 0 Å². The third-order valence-corrected chi connectivity index (χ3v) is 5.28. The first-order valence-corrected chi connectivity index (χ1v) is 9.59. The Balaban J connectivity index is 1.41. The average Bonchev–Trinajstić information content (AvgIpc) is 3.22. The molecule has 0 radical (unpaired) electrons. The maximum Gasteiger partial charge on any atom is 0.254 e. The van der Waals surface area contributed by atoms with Gasteiger partial charge in [-0.2, -0.15) is 0 Å². The van der Waals surface area contributed by atoms with Gasteiger partial charge < -0.3 is 14.2 Å². The molecule has 0 atom stereocenters. The number of imidazole rings is 1. The molecule has 3 aromatic rings. The number of hydrogen-bond acceptors (Lipinski definition) is 4. The number of ether oxygens (including phenoxy) is 1. The minimum Gasteiger partial charge on any atom is -0.481 e. The topological polar surface area (TPSA) is 60.2 Å². The van der Waals surface area contributed by atoms with Crippen LogP contribution < -0.4 is 4.74 Å². The minimum absolute atomic E-state index is 0.0341. The summed E-state index contributed by atoms with van der Waals surface area (Å²) in [5.41, 5.74) is 1.89. The van der Waals surface area contributed by atoms with E-state index in [2.05, 4.69) is 38.8 Å². The van der Waals surface area contributed by atoms with Crippen LogP contribution in [0.5, 0.6) is 5.88 Å². The summed E-state index contributed by atoms with van der Waals surface area (Å²) in [5.74, 6) is 1.98. The molecule has 2 aromatic heterocycles. The lowest BCUT2D eigenvalue weighted by Gasteiger charge is -2.32. The summed E-state index contributed by atoms with van der Waals surface area (Å²) in [6.07, 6.45) is 7.36. The quantitative estimate of drug-likeness (QED) is 0.685. The van der Waals surface area contributed by atoms with E-state index in [4.69, 9.17) is 4.74 Å². The number of carbonyl (C=O) groups is 1. The molecule has 6 heteroatoms. The molecule has 0 spiro atoms. The van der Waals surface area contributed by atoms with Crippen molar-refractivity contribution in [1.29, 1.82) is 0 Å². The van der Waals surface area contributed by atoms with E-state index in [-0.39, 0.29) is 5.91 Å². The van der Waals surface area contributed by atoms with Crippen molar-refractivity contribution >= 4 is 5.91 Å². The van der Waals surface area contributed by atoms with Gasteiger partial charge in [0.2, 0.25) is 5.88 Å². The Labute approximate surface area is 164 Å². The number of piperidine rings is 1. The van der Waals surface area contributed by atoms with Gasteiger partial charge in [0.15, 0.2) is 0 Å². The zero-order valence-corrected chi connectivity index (χ0v) is 16.0. The highest BCUT2D eigenvalue weighted by atomic mass is 16.5. The van der Waals surface area contributed by atoms with Gasteiger partial charge in [-0.25, -0.2) is 9.97 Å². The van der Waals surface area contributed by atoms with Crippen LogP contribution in [-0.2, 0) is 6.54 Å². The van der Waals surface area contributed by atoms with Crippen molar-refractivity contribution in [3.8, 4) is 5.88 Å². The third-order valence-electron chi connectivity index (χ3n) is 5.28. The highest BCUT2D eigenvalue weighted by Gasteiger charge is 2.27. The summed E-state index contributed by atoms with van der Waals surface area (Å²) < 4.78 is 7.35. The van der Waals surface area contributed by atoms with E-state index in [1.807, 2.05) is 23.4 Å². The molecule has 1 saturated heterocycles. The van der Waals surface area contributed by atoms with Gasteiger partial charge in [0.05, 0.1) is 7.11 Å². The first kappa shape index (κ1) is 18.2. The second-order valence-electron chi connectivity index (χ2n) is 7.05. The first-order chi connectivity index (χ1) is 13.7. The molecule has 1 amide bonds. The number of amides is 1. The van der Waals surface area contributed by atoms with Crippen molar-refractivity contribution in [3.05, 3.63) is 78.0 Å². The lowest BCUT2D eigenvalue weighted by atomic mass is 9.95. The number of aromatic nitrogens is 3. The highest BCUT2D eigenvalue weighted by molar-refractivity contribution is 5.94. The Hall–Kier alpha value is -3.15. The van der Waals surface area contributed by atoms with E-state index < -0.39 is 0 Å². The van der Waals surface area contributed by atoms with Gasteiger partial charge >= 0.3 is 0 Å². The predicted molar refractivity (Wildman–Crippen MR) is 106 cm³/mol.